The minimum absolute atomic E-state index is 0.648. The van der Waals surface area contributed by atoms with Crippen LogP contribution in [0.5, 0.6) is 0 Å². The van der Waals surface area contributed by atoms with E-state index in [1.54, 1.807) is 18.0 Å². The van der Waals surface area contributed by atoms with Gasteiger partial charge in [-0.15, -0.1) is 23.4 Å². The summed E-state index contributed by atoms with van der Waals surface area (Å²) < 4.78 is 0. The van der Waals surface area contributed by atoms with Crippen LogP contribution in [0.4, 0.5) is 0 Å². The number of aromatic nitrogens is 1. The highest BCUT2D eigenvalue weighted by atomic mass is 35.5. The van der Waals surface area contributed by atoms with Gasteiger partial charge in [-0.1, -0.05) is 11.6 Å². The van der Waals surface area contributed by atoms with E-state index in [1.165, 1.54) is 0 Å². The summed E-state index contributed by atoms with van der Waals surface area (Å²) in [5, 5.41) is 1.63. The van der Waals surface area contributed by atoms with E-state index in [2.05, 4.69) is 4.98 Å². The molecular weight excluding hydrogens is 201 g/mol. The van der Waals surface area contributed by atoms with Crippen LogP contribution >= 0.6 is 35.0 Å². The number of thioether (sulfide) groups is 1. The number of hydrogen-bond donors (Lipinski definition) is 0. The molecule has 0 spiro atoms. The average Bonchev–Trinajstić information content (AvgIpc) is 2.04. The van der Waals surface area contributed by atoms with Gasteiger partial charge in [0.1, 0.15) is 0 Å². The second-order valence-corrected chi connectivity index (χ2v) is 3.78. The number of pyridine rings is 1. The number of alkyl halides is 1. The smallest absolute Gasteiger partial charge is 0.0961 e. The molecule has 0 atom stereocenters. The van der Waals surface area contributed by atoms with Crippen LogP contribution in [-0.2, 0) is 0 Å². The summed E-state index contributed by atoms with van der Waals surface area (Å²) in [6, 6.07) is 3.71. The van der Waals surface area contributed by atoms with E-state index in [1.807, 2.05) is 12.1 Å². The lowest BCUT2D eigenvalue weighted by Crippen LogP contribution is -1.82. The van der Waals surface area contributed by atoms with Crippen LogP contribution in [0.25, 0.3) is 0 Å². The van der Waals surface area contributed by atoms with E-state index in [4.69, 9.17) is 23.2 Å². The first-order valence-corrected chi connectivity index (χ1v) is 5.03. The van der Waals surface area contributed by atoms with Gasteiger partial charge in [0.25, 0.3) is 0 Å². The third kappa shape index (κ3) is 3.32. The van der Waals surface area contributed by atoms with Crippen LogP contribution in [0.1, 0.15) is 0 Å². The second-order valence-electron chi connectivity index (χ2n) is 1.85. The first-order chi connectivity index (χ1) is 5.33. The second kappa shape index (κ2) is 4.86. The molecule has 0 bridgehead atoms. The van der Waals surface area contributed by atoms with Crippen molar-refractivity contribution in [3.8, 4) is 0 Å². The fourth-order valence-corrected chi connectivity index (χ4v) is 1.51. The Hall–Kier alpha value is 0.0800. The zero-order chi connectivity index (χ0) is 8.10. The maximum absolute atomic E-state index is 5.65. The van der Waals surface area contributed by atoms with Gasteiger partial charge in [0.05, 0.1) is 10.0 Å². The lowest BCUT2D eigenvalue weighted by molar-refractivity contribution is 1.13. The molecule has 0 aliphatic heterocycles. The molecule has 1 rings (SSSR count). The standard InChI is InChI=1S/C7H7Cl2NS/c8-3-4-11-7-2-1-6(9)5-10-7/h1-2,5H,3-4H2. The Balaban J connectivity index is 2.52. The molecule has 11 heavy (non-hydrogen) atoms. The Kier molecular flexibility index (Phi) is 4.05. The maximum atomic E-state index is 5.65. The van der Waals surface area contributed by atoms with E-state index in [9.17, 15) is 0 Å². The molecule has 1 nitrogen and oxygen atoms in total. The molecule has 0 saturated heterocycles. The van der Waals surface area contributed by atoms with Crippen molar-refractivity contribution in [1.82, 2.24) is 4.98 Å². The highest BCUT2D eigenvalue weighted by Gasteiger charge is 1.93. The first-order valence-electron chi connectivity index (χ1n) is 3.13. The van der Waals surface area contributed by atoms with E-state index >= 15 is 0 Å². The van der Waals surface area contributed by atoms with Gasteiger partial charge in [0.15, 0.2) is 0 Å². The average molecular weight is 208 g/mol. The van der Waals surface area contributed by atoms with E-state index in [0.717, 1.165) is 10.8 Å². The predicted molar refractivity (Wildman–Crippen MR) is 50.7 cm³/mol. The molecule has 60 valence electrons. The first kappa shape index (κ1) is 9.17. The molecule has 0 aromatic carbocycles. The minimum Gasteiger partial charge on any atom is -0.248 e. The molecule has 1 aromatic heterocycles. The molecule has 0 fully saturated rings. The van der Waals surface area contributed by atoms with Crippen molar-refractivity contribution in [3.05, 3.63) is 23.4 Å². The Morgan fingerprint density at radius 2 is 2.27 bits per heavy atom. The van der Waals surface area contributed by atoms with Crippen LogP contribution in [0.15, 0.2) is 23.4 Å². The molecule has 4 heteroatoms. The molecule has 0 unspecified atom stereocenters. The molecular formula is C7H7Cl2NS. The van der Waals surface area contributed by atoms with Gasteiger partial charge in [-0.2, -0.15) is 0 Å². The van der Waals surface area contributed by atoms with Gasteiger partial charge >= 0.3 is 0 Å². The molecule has 0 aliphatic carbocycles. The monoisotopic (exact) mass is 207 g/mol. The zero-order valence-electron chi connectivity index (χ0n) is 5.76. The van der Waals surface area contributed by atoms with Crippen LogP contribution in [0, 0.1) is 0 Å². The Morgan fingerprint density at radius 1 is 1.45 bits per heavy atom. The molecule has 1 aromatic rings. The van der Waals surface area contributed by atoms with Crippen molar-refractivity contribution in [3.63, 3.8) is 0 Å². The van der Waals surface area contributed by atoms with E-state index in [0.29, 0.717) is 10.9 Å². The van der Waals surface area contributed by atoms with Crippen molar-refractivity contribution in [2.75, 3.05) is 11.6 Å². The van der Waals surface area contributed by atoms with E-state index < -0.39 is 0 Å². The summed E-state index contributed by atoms with van der Waals surface area (Å²) in [6.45, 7) is 0. The quantitative estimate of drug-likeness (QED) is 0.559. The summed E-state index contributed by atoms with van der Waals surface area (Å²) in [6.07, 6.45) is 1.64. The van der Waals surface area contributed by atoms with Crippen molar-refractivity contribution in [2.45, 2.75) is 5.03 Å². The fraction of sp³-hybridized carbons (Fsp3) is 0.286. The van der Waals surface area contributed by atoms with Crippen LogP contribution in [0.3, 0.4) is 0 Å². The van der Waals surface area contributed by atoms with Crippen molar-refractivity contribution < 1.29 is 0 Å². The van der Waals surface area contributed by atoms with Gasteiger partial charge in [0, 0.05) is 17.8 Å². The Morgan fingerprint density at radius 3 is 2.82 bits per heavy atom. The molecule has 0 amide bonds. The highest BCUT2D eigenvalue weighted by molar-refractivity contribution is 7.99. The largest absolute Gasteiger partial charge is 0.248 e. The van der Waals surface area contributed by atoms with Crippen LogP contribution < -0.4 is 0 Å². The highest BCUT2D eigenvalue weighted by Crippen LogP contribution is 2.16. The third-order valence-corrected chi connectivity index (χ3v) is 2.61. The normalized spacial score (nSPS) is 10.0. The van der Waals surface area contributed by atoms with Crippen LogP contribution in [-0.4, -0.2) is 16.6 Å². The van der Waals surface area contributed by atoms with Gasteiger partial charge in [-0.3, -0.25) is 0 Å². The molecule has 0 radical (unpaired) electrons. The summed E-state index contributed by atoms with van der Waals surface area (Å²) in [5.74, 6) is 1.53. The summed E-state index contributed by atoms with van der Waals surface area (Å²) in [5.41, 5.74) is 0. The van der Waals surface area contributed by atoms with Gasteiger partial charge < -0.3 is 0 Å². The molecule has 0 aliphatic rings. The minimum atomic E-state index is 0.648. The lowest BCUT2D eigenvalue weighted by Gasteiger charge is -1.96. The number of rotatable bonds is 3. The van der Waals surface area contributed by atoms with Gasteiger partial charge in [-0.05, 0) is 12.1 Å². The summed E-state index contributed by atoms with van der Waals surface area (Å²) in [4.78, 5) is 4.09. The maximum Gasteiger partial charge on any atom is 0.0961 e. The summed E-state index contributed by atoms with van der Waals surface area (Å²) in [7, 11) is 0. The summed E-state index contributed by atoms with van der Waals surface area (Å²) >= 11 is 12.8. The van der Waals surface area contributed by atoms with Crippen molar-refractivity contribution in [1.29, 1.82) is 0 Å². The van der Waals surface area contributed by atoms with Crippen LogP contribution in [0.2, 0.25) is 5.02 Å². The topological polar surface area (TPSA) is 12.9 Å². The van der Waals surface area contributed by atoms with Crippen molar-refractivity contribution >= 4 is 35.0 Å². The van der Waals surface area contributed by atoms with Gasteiger partial charge in [-0.25, -0.2) is 4.98 Å². The fourth-order valence-electron chi connectivity index (χ4n) is 0.591. The van der Waals surface area contributed by atoms with E-state index in [-0.39, 0.29) is 0 Å². The molecule has 0 saturated carbocycles. The van der Waals surface area contributed by atoms with Gasteiger partial charge in [0.2, 0.25) is 0 Å². The lowest BCUT2D eigenvalue weighted by atomic mass is 10.5. The zero-order valence-corrected chi connectivity index (χ0v) is 8.09. The third-order valence-electron chi connectivity index (χ3n) is 1.03. The number of nitrogens with zero attached hydrogens (tertiary/aromatic N) is 1. The predicted octanol–water partition coefficient (Wildman–Crippen LogP) is 3.07. The molecule has 1 heterocycles. The molecule has 0 N–H and O–H groups in total. The Bertz CT molecular complexity index is 212. The number of hydrogen-bond acceptors (Lipinski definition) is 2. The SMILES string of the molecule is ClCCSc1ccc(Cl)cn1. The Labute approximate surface area is 80.1 Å². The van der Waals surface area contributed by atoms with Crippen molar-refractivity contribution in [2.24, 2.45) is 0 Å². The number of halogens is 2.